The zero-order valence-electron chi connectivity index (χ0n) is 12.3. The third kappa shape index (κ3) is 3.33. The molecule has 1 aliphatic carbocycles. The molecule has 1 saturated carbocycles. The molecule has 5 nitrogen and oxygen atoms in total. The van der Waals surface area contributed by atoms with Crippen molar-refractivity contribution in [2.45, 2.75) is 31.3 Å². The van der Waals surface area contributed by atoms with Crippen LogP contribution in [-0.2, 0) is 9.53 Å². The Bertz CT molecular complexity index is 550. The minimum Gasteiger partial charge on any atom is -0.495 e. The van der Waals surface area contributed by atoms with Crippen LogP contribution in [0.1, 0.15) is 31.2 Å². The standard InChI is InChI=1S/C15H20N2O3S/c1-19-11-6-3-5-10(14(16)21)13(11)17-12(18)9-15(20-2)7-4-8-15/h3,5-6H,4,7-9H2,1-2H3,(H2,16,21)(H,17,18). The molecule has 2 rings (SSSR count). The van der Waals surface area contributed by atoms with Crippen LogP contribution in [0.2, 0.25) is 0 Å². The van der Waals surface area contributed by atoms with E-state index >= 15 is 0 Å². The van der Waals surface area contributed by atoms with Gasteiger partial charge in [-0.3, -0.25) is 4.79 Å². The molecule has 1 amide bonds. The van der Waals surface area contributed by atoms with Gasteiger partial charge in [-0.15, -0.1) is 0 Å². The first-order valence-corrected chi connectivity index (χ1v) is 7.24. The van der Waals surface area contributed by atoms with Crippen molar-refractivity contribution in [2.24, 2.45) is 5.73 Å². The molecule has 0 aliphatic heterocycles. The quantitative estimate of drug-likeness (QED) is 0.788. The molecular formula is C15H20N2O3S. The van der Waals surface area contributed by atoms with Crippen molar-refractivity contribution in [3.8, 4) is 5.75 Å². The molecule has 0 aromatic heterocycles. The van der Waals surface area contributed by atoms with Crippen molar-refractivity contribution in [1.29, 1.82) is 0 Å². The number of nitrogens with two attached hydrogens (primary N) is 1. The van der Waals surface area contributed by atoms with Crippen molar-refractivity contribution in [3.63, 3.8) is 0 Å². The Morgan fingerprint density at radius 2 is 2.14 bits per heavy atom. The summed E-state index contributed by atoms with van der Waals surface area (Å²) in [6, 6.07) is 5.30. The smallest absolute Gasteiger partial charge is 0.227 e. The second-order valence-electron chi connectivity index (χ2n) is 5.21. The fraction of sp³-hybridized carbons (Fsp3) is 0.467. The average Bonchev–Trinajstić information content (AvgIpc) is 2.42. The van der Waals surface area contributed by atoms with Crippen molar-refractivity contribution in [1.82, 2.24) is 0 Å². The summed E-state index contributed by atoms with van der Waals surface area (Å²) < 4.78 is 10.7. The number of ether oxygens (including phenoxy) is 2. The molecule has 0 atom stereocenters. The maximum absolute atomic E-state index is 12.3. The van der Waals surface area contributed by atoms with Gasteiger partial charge >= 0.3 is 0 Å². The Balaban J connectivity index is 2.18. The number of rotatable bonds is 6. The molecule has 1 aromatic carbocycles. The second kappa shape index (κ2) is 6.41. The Labute approximate surface area is 129 Å². The van der Waals surface area contributed by atoms with Crippen LogP contribution in [0.25, 0.3) is 0 Å². The summed E-state index contributed by atoms with van der Waals surface area (Å²) in [5.41, 5.74) is 6.49. The fourth-order valence-corrected chi connectivity index (χ4v) is 2.71. The van der Waals surface area contributed by atoms with Crippen LogP contribution < -0.4 is 15.8 Å². The van der Waals surface area contributed by atoms with E-state index in [1.807, 2.05) is 0 Å². The number of hydrogen-bond donors (Lipinski definition) is 2. The van der Waals surface area contributed by atoms with Crippen LogP contribution in [0.15, 0.2) is 18.2 Å². The van der Waals surface area contributed by atoms with Gasteiger partial charge in [-0.1, -0.05) is 18.3 Å². The first kappa shape index (κ1) is 15.7. The van der Waals surface area contributed by atoms with Crippen molar-refractivity contribution < 1.29 is 14.3 Å². The highest BCUT2D eigenvalue weighted by Crippen LogP contribution is 2.38. The first-order valence-electron chi connectivity index (χ1n) is 6.83. The van der Waals surface area contributed by atoms with E-state index in [0.29, 0.717) is 23.4 Å². The monoisotopic (exact) mass is 308 g/mol. The summed E-state index contributed by atoms with van der Waals surface area (Å²) in [6.45, 7) is 0. The Hall–Kier alpha value is -1.66. The average molecular weight is 308 g/mol. The van der Waals surface area contributed by atoms with E-state index in [9.17, 15) is 4.79 Å². The predicted molar refractivity (Wildman–Crippen MR) is 85.7 cm³/mol. The molecule has 0 heterocycles. The minimum atomic E-state index is -0.324. The van der Waals surface area contributed by atoms with Crippen LogP contribution in [0.3, 0.4) is 0 Å². The summed E-state index contributed by atoms with van der Waals surface area (Å²) in [6.07, 6.45) is 3.22. The number of methoxy groups -OCH3 is 2. The van der Waals surface area contributed by atoms with Gasteiger partial charge in [0.25, 0.3) is 0 Å². The highest BCUT2D eigenvalue weighted by molar-refractivity contribution is 7.80. The third-order valence-electron chi connectivity index (χ3n) is 3.96. The van der Waals surface area contributed by atoms with Crippen molar-refractivity contribution in [2.75, 3.05) is 19.5 Å². The van der Waals surface area contributed by atoms with Gasteiger partial charge in [-0.05, 0) is 31.4 Å². The molecule has 0 radical (unpaired) electrons. The lowest BCUT2D eigenvalue weighted by atomic mass is 9.77. The number of para-hydroxylation sites is 1. The summed E-state index contributed by atoms with van der Waals surface area (Å²) in [5, 5.41) is 2.86. The summed E-state index contributed by atoms with van der Waals surface area (Å²) in [7, 11) is 3.19. The van der Waals surface area contributed by atoms with Gasteiger partial charge in [-0.2, -0.15) is 0 Å². The van der Waals surface area contributed by atoms with Gasteiger partial charge in [0.05, 0.1) is 24.8 Å². The van der Waals surface area contributed by atoms with E-state index < -0.39 is 0 Å². The molecule has 1 fully saturated rings. The molecule has 0 saturated heterocycles. The Morgan fingerprint density at radius 3 is 2.62 bits per heavy atom. The lowest BCUT2D eigenvalue weighted by molar-refractivity contribution is -0.129. The number of nitrogens with one attached hydrogen (secondary N) is 1. The maximum atomic E-state index is 12.3. The predicted octanol–water partition coefficient (Wildman–Crippen LogP) is 2.23. The second-order valence-corrected chi connectivity index (χ2v) is 5.65. The van der Waals surface area contributed by atoms with Gasteiger partial charge < -0.3 is 20.5 Å². The van der Waals surface area contributed by atoms with E-state index in [2.05, 4.69) is 5.32 Å². The van der Waals surface area contributed by atoms with Crippen molar-refractivity contribution >= 4 is 28.8 Å². The van der Waals surface area contributed by atoms with Crippen LogP contribution >= 0.6 is 12.2 Å². The first-order chi connectivity index (χ1) is 10.0. The van der Waals surface area contributed by atoms with Gasteiger partial charge in [0.1, 0.15) is 10.7 Å². The van der Waals surface area contributed by atoms with E-state index in [-0.39, 0.29) is 16.5 Å². The zero-order chi connectivity index (χ0) is 15.5. The highest BCUT2D eigenvalue weighted by atomic mass is 32.1. The largest absolute Gasteiger partial charge is 0.495 e. The van der Waals surface area contributed by atoms with Gasteiger partial charge in [-0.25, -0.2) is 0 Å². The molecular weight excluding hydrogens is 288 g/mol. The molecule has 0 unspecified atom stereocenters. The molecule has 114 valence electrons. The van der Waals surface area contributed by atoms with Crippen LogP contribution in [0.5, 0.6) is 5.75 Å². The van der Waals surface area contributed by atoms with Crippen LogP contribution in [-0.4, -0.2) is 30.7 Å². The van der Waals surface area contributed by atoms with Crippen molar-refractivity contribution in [3.05, 3.63) is 23.8 Å². The van der Waals surface area contributed by atoms with E-state index in [1.54, 1.807) is 25.3 Å². The summed E-state index contributed by atoms with van der Waals surface area (Å²) >= 11 is 5.02. The summed E-state index contributed by atoms with van der Waals surface area (Å²) in [4.78, 5) is 12.5. The maximum Gasteiger partial charge on any atom is 0.227 e. The van der Waals surface area contributed by atoms with E-state index in [1.165, 1.54) is 7.11 Å². The number of anilines is 1. The lowest BCUT2D eigenvalue weighted by Crippen LogP contribution is -2.42. The molecule has 1 aliphatic rings. The lowest BCUT2D eigenvalue weighted by Gasteiger charge is -2.39. The number of amides is 1. The number of carbonyl (C=O) groups is 1. The van der Waals surface area contributed by atoms with Gasteiger partial charge in [0.2, 0.25) is 5.91 Å². The Morgan fingerprint density at radius 1 is 1.43 bits per heavy atom. The van der Waals surface area contributed by atoms with Gasteiger partial charge in [0.15, 0.2) is 0 Å². The van der Waals surface area contributed by atoms with Crippen LogP contribution in [0.4, 0.5) is 5.69 Å². The molecule has 0 bridgehead atoms. The number of thiocarbonyl (C=S) groups is 1. The third-order valence-corrected chi connectivity index (χ3v) is 4.18. The molecule has 1 aromatic rings. The topological polar surface area (TPSA) is 73.6 Å². The number of benzene rings is 1. The molecule has 0 spiro atoms. The fourth-order valence-electron chi connectivity index (χ4n) is 2.54. The van der Waals surface area contributed by atoms with Crippen LogP contribution in [0, 0.1) is 0 Å². The van der Waals surface area contributed by atoms with E-state index in [4.69, 9.17) is 27.4 Å². The van der Waals surface area contributed by atoms with Gasteiger partial charge in [0, 0.05) is 12.7 Å². The summed E-state index contributed by atoms with van der Waals surface area (Å²) in [5.74, 6) is 0.410. The Kier molecular flexibility index (Phi) is 4.80. The number of hydrogen-bond acceptors (Lipinski definition) is 4. The zero-order valence-corrected chi connectivity index (χ0v) is 13.1. The molecule has 6 heteroatoms. The SMILES string of the molecule is COc1cccc(C(N)=S)c1NC(=O)CC1(OC)CCC1. The molecule has 21 heavy (non-hydrogen) atoms. The van der Waals surface area contributed by atoms with E-state index in [0.717, 1.165) is 19.3 Å². The normalized spacial score (nSPS) is 15.9. The minimum absolute atomic E-state index is 0.126. The number of carbonyl (C=O) groups excluding carboxylic acids is 1. The highest BCUT2D eigenvalue weighted by Gasteiger charge is 2.39. The molecule has 3 N–H and O–H groups in total.